The zero-order valence-corrected chi connectivity index (χ0v) is 13.4. The maximum Gasteiger partial charge on any atom is 0.271 e. The summed E-state index contributed by atoms with van der Waals surface area (Å²) in [5, 5.41) is 3.39. The van der Waals surface area contributed by atoms with E-state index in [4.69, 9.17) is 23.2 Å². The first-order chi connectivity index (χ1) is 9.90. The number of nitrogens with zero attached hydrogens (tertiary/aromatic N) is 1. The quantitative estimate of drug-likeness (QED) is 0.861. The van der Waals surface area contributed by atoms with Gasteiger partial charge in [-0.3, -0.25) is 4.79 Å². The molecule has 5 heteroatoms. The largest absolute Gasteiger partial charge is 0.350 e. The SMILES string of the molecule is CC(C)(CNC(=O)c1nc(Cl)ccc1Cl)c1ccccc1. The van der Waals surface area contributed by atoms with Gasteiger partial charge < -0.3 is 5.32 Å². The summed E-state index contributed by atoms with van der Waals surface area (Å²) < 4.78 is 0. The van der Waals surface area contributed by atoms with Crippen LogP contribution < -0.4 is 5.32 Å². The molecule has 0 saturated carbocycles. The summed E-state index contributed by atoms with van der Waals surface area (Å²) in [6.07, 6.45) is 0. The van der Waals surface area contributed by atoms with E-state index in [1.54, 1.807) is 12.1 Å². The lowest BCUT2D eigenvalue weighted by Crippen LogP contribution is -2.37. The van der Waals surface area contributed by atoms with E-state index in [0.29, 0.717) is 6.54 Å². The Balaban J connectivity index is 2.09. The number of rotatable bonds is 4. The third-order valence-electron chi connectivity index (χ3n) is 3.27. The molecule has 0 radical (unpaired) electrons. The van der Waals surface area contributed by atoms with Gasteiger partial charge in [-0.1, -0.05) is 67.4 Å². The number of amides is 1. The molecule has 3 nitrogen and oxygen atoms in total. The van der Waals surface area contributed by atoms with Crippen molar-refractivity contribution in [3.05, 3.63) is 63.9 Å². The number of halogens is 2. The summed E-state index contributed by atoms with van der Waals surface area (Å²) in [5.41, 5.74) is 1.10. The van der Waals surface area contributed by atoms with Gasteiger partial charge in [0.15, 0.2) is 0 Å². The van der Waals surface area contributed by atoms with Gasteiger partial charge in [0, 0.05) is 12.0 Å². The molecule has 0 bridgehead atoms. The molecule has 0 aliphatic rings. The lowest BCUT2D eigenvalue weighted by molar-refractivity contribution is 0.0941. The molecule has 1 amide bonds. The Kier molecular flexibility index (Phi) is 4.86. The topological polar surface area (TPSA) is 42.0 Å². The second-order valence-corrected chi connectivity index (χ2v) is 6.19. The number of hydrogen-bond acceptors (Lipinski definition) is 2. The van der Waals surface area contributed by atoms with Crippen molar-refractivity contribution in [3.8, 4) is 0 Å². The molecule has 0 fully saturated rings. The maximum absolute atomic E-state index is 12.2. The summed E-state index contributed by atoms with van der Waals surface area (Å²) >= 11 is 11.8. The molecule has 0 aliphatic carbocycles. The molecule has 21 heavy (non-hydrogen) atoms. The average Bonchev–Trinajstić information content (AvgIpc) is 2.48. The van der Waals surface area contributed by atoms with Crippen LogP contribution in [-0.2, 0) is 5.41 Å². The van der Waals surface area contributed by atoms with Crippen LogP contribution in [0.5, 0.6) is 0 Å². The Bertz CT molecular complexity index is 642. The predicted molar refractivity (Wildman–Crippen MR) is 86.1 cm³/mol. The summed E-state index contributed by atoms with van der Waals surface area (Å²) in [7, 11) is 0. The monoisotopic (exact) mass is 322 g/mol. The molecular weight excluding hydrogens is 307 g/mol. The minimum atomic E-state index is -0.327. The van der Waals surface area contributed by atoms with Gasteiger partial charge in [-0.15, -0.1) is 0 Å². The fraction of sp³-hybridized carbons (Fsp3) is 0.250. The number of aromatic nitrogens is 1. The molecular formula is C16H16Cl2N2O. The standard InChI is InChI=1S/C16H16Cl2N2O/c1-16(2,11-6-4-3-5-7-11)10-19-15(21)14-12(17)8-9-13(18)20-14/h3-9H,10H2,1-2H3,(H,19,21). The fourth-order valence-electron chi connectivity index (χ4n) is 1.95. The number of nitrogens with one attached hydrogen (secondary N) is 1. The van der Waals surface area contributed by atoms with Crippen LogP contribution in [0.3, 0.4) is 0 Å². The van der Waals surface area contributed by atoms with Gasteiger partial charge in [0.1, 0.15) is 10.8 Å². The number of benzene rings is 1. The van der Waals surface area contributed by atoms with E-state index >= 15 is 0 Å². The average molecular weight is 323 g/mol. The molecule has 1 aromatic heterocycles. The maximum atomic E-state index is 12.2. The van der Waals surface area contributed by atoms with Crippen molar-refractivity contribution in [3.63, 3.8) is 0 Å². The minimum absolute atomic E-state index is 0.146. The van der Waals surface area contributed by atoms with Crippen LogP contribution in [0.25, 0.3) is 0 Å². The van der Waals surface area contributed by atoms with Crippen LogP contribution >= 0.6 is 23.2 Å². The summed E-state index contributed by atoms with van der Waals surface area (Å²) in [6.45, 7) is 4.60. The van der Waals surface area contributed by atoms with E-state index in [-0.39, 0.29) is 27.2 Å². The third kappa shape index (κ3) is 3.96. The van der Waals surface area contributed by atoms with E-state index in [1.807, 2.05) is 30.3 Å². The first-order valence-electron chi connectivity index (χ1n) is 6.56. The van der Waals surface area contributed by atoms with Gasteiger partial charge >= 0.3 is 0 Å². The molecule has 1 aromatic carbocycles. The Labute approximate surface area is 134 Å². The highest BCUT2D eigenvalue weighted by Gasteiger charge is 2.22. The smallest absolute Gasteiger partial charge is 0.271 e. The number of pyridine rings is 1. The van der Waals surface area contributed by atoms with E-state index in [0.717, 1.165) is 5.56 Å². The van der Waals surface area contributed by atoms with Gasteiger partial charge in [0.25, 0.3) is 5.91 Å². The first kappa shape index (κ1) is 15.8. The molecule has 0 saturated heterocycles. The van der Waals surface area contributed by atoms with Crippen LogP contribution in [0, 0.1) is 0 Å². The molecule has 0 unspecified atom stereocenters. The molecule has 2 aromatic rings. The summed E-state index contributed by atoms with van der Waals surface area (Å²) in [4.78, 5) is 16.1. The van der Waals surface area contributed by atoms with Crippen molar-refractivity contribution in [2.24, 2.45) is 0 Å². The molecule has 1 N–H and O–H groups in total. The molecule has 110 valence electrons. The summed E-state index contributed by atoms with van der Waals surface area (Å²) in [5.74, 6) is -0.327. The van der Waals surface area contributed by atoms with Gasteiger partial charge in [0.2, 0.25) is 0 Å². The summed E-state index contributed by atoms with van der Waals surface area (Å²) in [6, 6.07) is 13.1. The second-order valence-electron chi connectivity index (χ2n) is 5.40. The van der Waals surface area contributed by atoms with Crippen molar-refractivity contribution in [2.75, 3.05) is 6.54 Å². The number of carbonyl (C=O) groups is 1. The van der Waals surface area contributed by atoms with Crippen molar-refractivity contribution >= 4 is 29.1 Å². The number of carbonyl (C=O) groups excluding carboxylic acids is 1. The Morgan fingerprint density at radius 1 is 1.14 bits per heavy atom. The molecule has 0 spiro atoms. The lowest BCUT2D eigenvalue weighted by atomic mass is 9.84. The second kappa shape index (κ2) is 6.46. The van der Waals surface area contributed by atoms with E-state index in [1.165, 1.54) is 0 Å². The van der Waals surface area contributed by atoms with Crippen molar-refractivity contribution < 1.29 is 4.79 Å². The fourth-order valence-corrected chi connectivity index (χ4v) is 2.29. The normalized spacial score (nSPS) is 11.2. The van der Waals surface area contributed by atoms with Crippen molar-refractivity contribution in [1.29, 1.82) is 0 Å². The van der Waals surface area contributed by atoms with Crippen LogP contribution in [0.15, 0.2) is 42.5 Å². The van der Waals surface area contributed by atoms with Crippen LogP contribution in [-0.4, -0.2) is 17.4 Å². The van der Waals surface area contributed by atoms with E-state index in [2.05, 4.69) is 24.1 Å². The number of hydrogen-bond donors (Lipinski definition) is 1. The highest BCUT2D eigenvalue weighted by molar-refractivity contribution is 6.34. The molecule has 0 aliphatic heterocycles. The van der Waals surface area contributed by atoms with Crippen molar-refractivity contribution in [1.82, 2.24) is 10.3 Å². The van der Waals surface area contributed by atoms with Crippen LogP contribution in [0.4, 0.5) is 0 Å². The Morgan fingerprint density at radius 2 is 1.81 bits per heavy atom. The van der Waals surface area contributed by atoms with Crippen LogP contribution in [0.2, 0.25) is 10.2 Å². The van der Waals surface area contributed by atoms with Crippen molar-refractivity contribution in [2.45, 2.75) is 19.3 Å². The highest BCUT2D eigenvalue weighted by Crippen LogP contribution is 2.22. The van der Waals surface area contributed by atoms with Gasteiger partial charge in [-0.25, -0.2) is 4.98 Å². The highest BCUT2D eigenvalue weighted by atomic mass is 35.5. The zero-order chi connectivity index (χ0) is 15.5. The minimum Gasteiger partial charge on any atom is -0.350 e. The zero-order valence-electron chi connectivity index (χ0n) is 11.9. The third-order valence-corrected chi connectivity index (χ3v) is 3.79. The Hall–Kier alpha value is -1.58. The van der Waals surface area contributed by atoms with Gasteiger partial charge in [0.05, 0.1) is 5.02 Å². The van der Waals surface area contributed by atoms with Crippen LogP contribution in [0.1, 0.15) is 29.9 Å². The first-order valence-corrected chi connectivity index (χ1v) is 7.31. The lowest BCUT2D eigenvalue weighted by Gasteiger charge is -2.25. The van der Waals surface area contributed by atoms with Gasteiger partial charge in [-0.05, 0) is 17.7 Å². The van der Waals surface area contributed by atoms with E-state index < -0.39 is 0 Å². The Morgan fingerprint density at radius 3 is 2.48 bits per heavy atom. The molecule has 2 rings (SSSR count). The van der Waals surface area contributed by atoms with Gasteiger partial charge in [-0.2, -0.15) is 0 Å². The van der Waals surface area contributed by atoms with E-state index in [9.17, 15) is 4.79 Å². The molecule has 0 atom stereocenters. The molecule has 1 heterocycles. The predicted octanol–water partition coefficient (Wildman–Crippen LogP) is 4.10.